The summed E-state index contributed by atoms with van der Waals surface area (Å²) in [5.74, 6) is 1.19. The highest BCUT2D eigenvalue weighted by Gasteiger charge is 2.31. The number of ether oxygens (including phenoxy) is 2. The highest BCUT2D eigenvalue weighted by atomic mass is 32.2. The van der Waals surface area contributed by atoms with Crippen LogP contribution in [-0.4, -0.2) is 53.1 Å². The standard InChI is InChI=1S/C18H26N2O5S/c1-12(2)16-18(24-5)19-15(17(20-16)23-4)10-11-25-26(21,22)14-8-6-13(3)7-9-14/h6-9,12,15-16H,10-11H2,1-5H3/t15-,16-/m0/s1. The quantitative estimate of drug-likeness (QED) is 0.706. The van der Waals surface area contributed by atoms with E-state index in [2.05, 4.69) is 9.98 Å². The molecular weight excluding hydrogens is 356 g/mol. The van der Waals surface area contributed by atoms with Gasteiger partial charge in [-0.05, 0) is 25.0 Å². The van der Waals surface area contributed by atoms with E-state index in [9.17, 15) is 8.42 Å². The van der Waals surface area contributed by atoms with Crippen molar-refractivity contribution in [3.05, 3.63) is 29.8 Å². The molecule has 8 heteroatoms. The first kappa shape index (κ1) is 20.4. The Morgan fingerprint density at radius 1 is 1.04 bits per heavy atom. The number of benzene rings is 1. The Bertz CT molecular complexity index is 769. The van der Waals surface area contributed by atoms with Gasteiger partial charge in [0, 0.05) is 6.42 Å². The van der Waals surface area contributed by atoms with Crippen LogP contribution in [0.15, 0.2) is 39.1 Å². The molecule has 0 saturated carbocycles. The molecule has 2 rings (SSSR count). The Balaban J connectivity index is 2.05. The molecule has 0 aliphatic carbocycles. The van der Waals surface area contributed by atoms with Gasteiger partial charge in [0.2, 0.25) is 11.8 Å². The zero-order chi connectivity index (χ0) is 19.3. The molecule has 1 aromatic carbocycles. The monoisotopic (exact) mass is 382 g/mol. The summed E-state index contributed by atoms with van der Waals surface area (Å²) in [7, 11) is -0.725. The van der Waals surface area contributed by atoms with Gasteiger partial charge in [0.15, 0.2) is 0 Å². The minimum Gasteiger partial charge on any atom is -0.483 e. The summed E-state index contributed by atoms with van der Waals surface area (Å²) in [6, 6.07) is 5.88. The van der Waals surface area contributed by atoms with Crippen LogP contribution in [0.3, 0.4) is 0 Å². The predicted octanol–water partition coefficient (Wildman–Crippen LogP) is 2.59. The van der Waals surface area contributed by atoms with Gasteiger partial charge in [0.1, 0.15) is 12.1 Å². The van der Waals surface area contributed by atoms with Crippen LogP contribution in [-0.2, 0) is 23.8 Å². The number of hydrogen-bond donors (Lipinski definition) is 0. The van der Waals surface area contributed by atoms with Gasteiger partial charge < -0.3 is 9.47 Å². The minimum absolute atomic E-state index is 0.0317. The molecule has 0 radical (unpaired) electrons. The van der Waals surface area contributed by atoms with Crippen molar-refractivity contribution < 1.29 is 22.1 Å². The van der Waals surface area contributed by atoms with E-state index in [-0.39, 0.29) is 23.5 Å². The fraction of sp³-hybridized carbons (Fsp3) is 0.556. The van der Waals surface area contributed by atoms with E-state index in [0.717, 1.165) is 5.56 Å². The fourth-order valence-corrected chi connectivity index (χ4v) is 3.51. The molecule has 26 heavy (non-hydrogen) atoms. The maximum Gasteiger partial charge on any atom is 0.296 e. The first-order valence-corrected chi connectivity index (χ1v) is 9.88. The molecule has 0 aromatic heterocycles. The molecule has 1 aliphatic heterocycles. The van der Waals surface area contributed by atoms with Crippen LogP contribution in [0.25, 0.3) is 0 Å². The Kier molecular flexibility index (Phi) is 6.77. The SMILES string of the molecule is COC1=N[C@@H](C(C)C)C(OC)=N[C@H]1CCOS(=O)(=O)c1ccc(C)cc1. The lowest BCUT2D eigenvalue weighted by Crippen LogP contribution is -2.38. The second-order valence-electron chi connectivity index (χ2n) is 6.43. The first-order chi connectivity index (χ1) is 12.3. The Morgan fingerprint density at radius 3 is 2.19 bits per heavy atom. The van der Waals surface area contributed by atoms with Crippen molar-refractivity contribution in [2.45, 2.75) is 44.2 Å². The molecule has 0 amide bonds. The molecule has 7 nitrogen and oxygen atoms in total. The van der Waals surface area contributed by atoms with Crippen molar-refractivity contribution in [3.8, 4) is 0 Å². The predicted molar refractivity (Wildman–Crippen MR) is 100 cm³/mol. The second kappa shape index (κ2) is 8.64. The minimum atomic E-state index is -3.81. The Hall–Kier alpha value is -1.93. The lowest BCUT2D eigenvalue weighted by molar-refractivity contribution is 0.290. The van der Waals surface area contributed by atoms with Crippen molar-refractivity contribution >= 4 is 21.9 Å². The number of hydrogen-bond acceptors (Lipinski definition) is 7. The third kappa shape index (κ3) is 4.82. The summed E-state index contributed by atoms with van der Waals surface area (Å²) in [6.07, 6.45) is 0.315. The van der Waals surface area contributed by atoms with Gasteiger partial charge in [-0.15, -0.1) is 0 Å². The topological polar surface area (TPSA) is 86.5 Å². The van der Waals surface area contributed by atoms with Gasteiger partial charge in [0.25, 0.3) is 10.1 Å². The fourth-order valence-electron chi connectivity index (χ4n) is 2.59. The number of methoxy groups -OCH3 is 2. The van der Waals surface area contributed by atoms with Crippen LogP contribution in [0.1, 0.15) is 25.8 Å². The van der Waals surface area contributed by atoms with Crippen molar-refractivity contribution in [1.82, 2.24) is 0 Å². The van der Waals surface area contributed by atoms with Crippen molar-refractivity contribution in [2.75, 3.05) is 20.8 Å². The van der Waals surface area contributed by atoms with Gasteiger partial charge in [-0.25, -0.2) is 9.98 Å². The number of aliphatic imine (C=N–C) groups is 2. The Labute approximate surface area is 155 Å². The zero-order valence-corrected chi connectivity index (χ0v) is 16.6. The summed E-state index contributed by atoms with van der Waals surface area (Å²) in [5.41, 5.74) is 0.980. The molecule has 0 saturated heterocycles. The molecule has 1 aromatic rings. The largest absolute Gasteiger partial charge is 0.483 e. The van der Waals surface area contributed by atoms with E-state index in [1.54, 1.807) is 19.2 Å². The van der Waals surface area contributed by atoms with Crippen LogP contribution in [0, 0.1) is 12.8 Å². The van der Waals surface area contributed by atoms with E-state index in [4.69, 9.17) is 13.7 Å². The number of rotatable bonds is 6. The summed E-state index contributed by atoms with van der Waals surface area (Å²) in [6.45, 7) is 5.90. The van der Waals surface area contributed by atoms with Crippen LogP contribution < -0.4 is 0 Å². The van der Waals surface area contributed by atoms with E-state index in [1.165, 1.54) is 19.2 Å². The molecule has 0 spiro atoms. The molecule has 0 fully saturated rings. The molecule has 2 atom stereocenters. The van der Waals surface area contributed by atoms with Crippen LogP contribution in [0.4, 0.5) is 0 Å². The first-order valence-electron chi connectivity index (χ1n) is 8.48. The van der Waals surface area contributed by atoms with Gasteiger partial charge in [-0.2, -0.15) is 8.42 Å². The maximum absolute atomic E-state index is 12.3. The summed E-state index contributed by atoms with van der Waals surface area (Å²) < 4.78 is 40.3. The molecular formula is C18H26N2O5S. The Morgan fingerprint density at radius 2 is 1.65 bits per heavy atom. The molecule has 0 unspecified atom stereocenters. The van der Waals surface area contributed by atoms with Gasteiger partial charge in [-0.3, -0.25) is 4.18 Å². The van der Waals surface area contributed by atoms with Gasteiger partial charge in [-0.1, -0.05) is 31.5 Å². The highest BCUT2D eigenvalue weighted by molar-refractivity contribution is 7.86. The molecule has 0 bridgehead atoms. The molecule has 1 aliphatic rings. The second-order valence-corrected chi connectivity index (χ2v) is 8.04. The summed E-state index contributed by atoms with van der Waals surface area (Å²) in [5, 5.41) is 0. The van der Waals surface area contributed by atoms with Crippen molar-refractivity contribution in [3.63, 3.8) is 0 Å². The average molecular weight is 382 g/mol. The number of aryl methyl sites for hydroxylation is 1. The normalized spacial score (nSPS) is 20.5. The smallest absolute Gasteiger partial charge is 0.296 e. The van der Waals surface area contributed by atoms with Gasteiger partial charge >= 0.3 is 0 Å². The van der Waals surface area contributed by atoms with E-state index >= 15 is 0 Å². The lowest BCUT2D eigenvalue weighted by Gasteiger charge is -2.26. The lowest BCUT2D eigenvalue weighted by atomic mass is 10.0. The van der Waals surface area contributed by atoms with E-state index in [0.29, 0.717) is 18.2 Å². The van der Waals surface area contributed by atoms with Crippen molar-refractivity contribution in [1.29, 1.82) is 0 Å². The van der Waals surface area contributed by atoms with Crippen LogP contribution >= 0.6 is 0 Å². The number of nitrogens with zero attached hydrogens (tertiary/aromatic N) is 2. The third-order valence-corrected chi connectivity index (χ3v) is 5.40. The molecule has 1 heterocycles. The van der Waals surface area contributed by atoms with Crippen LogP contribution in [0.2, 0.25) is 0 Å². The summed E-state index contributed by atoms with van der Waals surface area (Å²) >= 11 is 0. The zero-order valence-electron chi connectivity index (χ0n) is 15.8. The molecule has 144 valence electrons. The highest BCUT2D eigenvalue weighted by Crippen LogP contribution is 2.20. The average Bonchev–Trinajstić information content (AvgIpc) is 2.61. The van der Waals surface area contributed by atoms with E-state index in [1.807, 2.05) is 20.8 Å². The van der Waals surface area contributed by atoms with E-state index < -0.39 is 16.2 Å². The third-order valence-electron chi connectivity index (χ3n) is 4.08. The summed E-state index contributed by atoms with van der Waals surface area (Å²) in [4.78, 5) is 9.21. The van der Waals surface area contributed by atoms with Gasteiger partial charge in [0.05, 0.1) is 25.7 Å². The van der Waals surface area contributed by atoms with Crippen molar-refractivity contribution in [2.24, 2.45) is 15.9 Å². The van der Waals surface area contributed by atoms with Crippen LogP contribution in [0.5, 0.6) is 0 Å². The maximum atomic E-state index is 12.3. The molecule has 0 N–H and O–H groups in total.